The first-order valence-electron chi connectivity index (χ1n) is 11.6. The normalized spacial score (nSPS) is 12.9. The molecule has 6 rings (SSSR count). The second-order valence-corrected chi connectivity index (χ2v) is 9.80. The van der Waals surface area contributed by atoms with Crippen LogP contribution in [0.3, 0.4) is 0 Å². The molecule has 1 aromatic carbocycles. The number of carbonyl (C=O) groups is 1. The van der Waals surface area contributed by atoms with Gasteiger partial charge in [0.15, 0.2) is 11.6 Å². The molecule has 0 saturated heterocycles. The third-order valence-corrected chi connectivity index (χ3v) is 7.11. The lowest BCUT2D eigenvalue weighted by Gasteiger charge is -2.11. The van der Waals surface area contributed by atoms with Gasteiger partial charge in [-0.25, -0.2) is 19.3 Å². The molecule has 5 aromatic rings. The lowest BCUT2D eigenvalue weighted by Crippen LogP contribution is -2.15. The number of aromatic nitrogens is 4. The van der Waals surface area contributed by atoms with Crippen LogP contribution in [0.2, 0.25) is 0 Å². The van der Waals surface area contributed by atoms with Gasteiger partial charge in [0.25, 0.3) is 5.91 Å². The van der Waals surface area contributed by atoms with Crippen molar-refractivity contribution in [3.05, 3.63) is 83.1 Å². The zero-order valence-electron chi connectivity index (χ0n) is 19.6. The molecule has 0 atom stereocenters. The Labute approximate surface area is 215 Å². The van der Waals surface area contributed by atoms with E-state index in [0.717, 1.165) is 28.8 Å². The molecule has 8 nitrogen and oxygen atoms in total. The topological polar surface area (TPSA) is 106 Å². The first-order chi connectivity index (χ1) is 18.0. The largest absolute Gasteiger partial charge is 0.453 e. The molecular formula is C27H19FN6O2S. The van der Waals surface area contributed by atoms with E-state index < -0.39 is 11.7 Å². The van der Waals surface area contributed by atoms with Crippen molar-refractivity contribution in [2.75, 3.05) is 5.32 Å². The molecule has 4 aromatic heterocycles. The van der Waals surface area contributed by atoms with Gasteiger partial charge in [-0.05, 0) is 60.7 Å². The molecule has 37 heavy (non-hydrogen) atoms. The summed E-state index contributed by atoms with van der Waals surface area (Å²) in [5, 5.41) is 12.6. The van der Waals surface area contributed by atoms with E-state index in [1.165, 1.54) is 35.2 Å². The van der Waals surface area contributed by atoms with Crippen molar-refractivity contribution in [1.82, 2.24) is 19.5 Å². The standard InChI is InChI=1S/C27H19FN6O2S/c1-34-14-18(15-2-3-15)24-22(9-11-31-26(24)34)36-21-6-4-16(12-19(21)28)32-27(35)25-30-10-8-20(33-25)23-7-5-17(13-29)37-23/h4-12,14-15H,2-3H2,1H3,(H,32,35). The summed E-state index contributed by atoms with van der Waals surface area (Å²) in [7, 11) is 1.94. The van der Waals surface area contributed by atoms with Gasteiger partial charge < -0.3 is 14.6 Å². The van der Waals surface area contributed by atoms with E-state index >= 15 is 4.39 Å². The summed E-state index contributed by atoms with van der Waals surface area (Å²) < 4.78 is 23.0. The number of ether oxygens (including phenoxy) is 1. The average Bonchev–Trinajstić information content (AvgIpc) is 3.54. The van der Waals surface area contributed by atoms with Crippen LogP contribution in [0.4, 0.5) is 10.1 Å². The molecule has 0 bridgehead atoms. The smallest absolute Gasteiger partial charge is 0.293 e. The molecule has 1 saturated carbocycles. The Hall–Kier alpha value is -4.62. The highest BCUT2D eigenvalue weighted by atomic mass is 32.1. The minimum atomic E-state index is -0.621. The van der Waals surface area contributed by atoms with Crippen molar-refractivity contribution < 1.29 is 13.9 Å². The maximum Gasteiger partial charge on any atom is 0.293 e. The number of fused-ring (bicyclic) bond motifs is 1. The van der Waals surface area contributed by atoms with Crippen LogP contribution in [0.25, 0.3) is 21.6 Å². The molecule has 1 aliphatic carbocycles. The van der Waals surface area contributed by atoms with Crippen LogP contribution in [-0.4, -0.2) is 25.4 Å². The number of benzene rings is 1. The SMILES string of the molecule is Cn1cc(C2CC2)c2c(Oc3ccc(NC(=O)c4nccc(-c5ccc(C#N)s5)n4)cc3F)ccnc21. The van der Waals surface area contributed by atoms with E-state index in [1.54, 1.807) is 36.5 Å². The number of amides is 1. The number of nitriles is 1. The summed E-state index contributed by atoms with van der Waals surface area (Å²) in [6, 6.07) is 13.2. The van der Waals surface area contributed by atoms with Crippen LogP contribution in [0.15, 0.2) is 61.1 Å². The molecule has 1 amide bonds. The molecule has 4 heterocycles. The number of hydrogen-bond donors (Lipinski definition) is 1. The Morgan fingerprint density at radius 2 is 2.00 bits per heavy atom. The summed E-state index contributed by atoms with van der Waals surface area (Å²) >= 11 is 1.27. The zero-order chi connectivity index (χ0) is 25.5. The number of anilines is 1. The number of hydrogen-bond acceptors (Lipinski definition) is 7. The van der Waals surface area contributed by atoms with E-state index in [0.29, 0.717) is 22.2 Å². The van der Waals surface area contributed by atoms with E-state index in [4.69, 9.17) is 10.00 Å². The maximum absolute atomic E-state index is 15.0. The first kappa shape index (κ1) is 22.8. The van der Waals surface area contributed by atoms with Gasteiger partial charge in [-0.15, -0.1) is 11.3 Å². The van der Waals surface area contributed by atoms with Crippen LogP contribution >= 0.6 is 11.3 Å². The molecule has 182 valence electrons. The highest BCUT2D eigenvalue weighted by Crippen LogP contribution is 2.46. The summed E-state index contributed by atoms with van der Waals surface area (Å²) in [6.45, 7) is 0. The summed E-state index contributed by atoms with van der Waals surface area (Å²) in [4.78, 5) is 26.8. The van der Waals surface area contributed by atoms with E-state index in [-0.39, 0.29) is 17.3 Å². The van der Waals surface area contributed by atoms with Crippen LogP contribution in [0.1, 0.15) is 39.8 Å². The molecule has 0 aliphatic heterocycles. The van der Waals surface area contributed by atoms with Gasteiger partial charge >= 0.3 is 0 Å². The average molecular weight is 511 g/mol. The third-order valence-electron chi connectivity index (χ3n) is 6.10. The minimum absolute atomic E-state index is 0.0420. The predicted octanol–water partition coefficient (Wildman–Crippen LogP) is 6.02. The lowest BCUT2D eigenvalue weighted by molar-refractivity contribution is 0.101. The Morgan fingerprint density at radius 1 is 1.16 bits per heavy atom. The number of thiophene rings is 1. The van der Waals surface area contributed by atoms with Crippen molar-refractivity contribution in [3.63, 3.8) is 0 Å². The van der Waals surface area contributed by atoms with E-state index in [9.17, 15) is 4.79 Å². The van der Waals surface area contributed by atoms with Crippen LogP contribution in [-0.2, 0) is 7.05 Å². The van der Waals surface area contributed by atoms with E-state index in [2.05, 4.69) is 32.5 Å². The van der Waals surface area contributed by atoms with Crippen molar-refractivity contribution >= 4 is 34.0 Å². The summed E-state index contributed by atoms with van der Waals surface area (Å²) in [5.74, 6) is -0.209. The van der Waals surface area contributed by atoms with Crippen LogP contribution in [0.5, 0.6) is 11.5 Å². The Kier molecular flexibility index (Phi) is 5.62. The van der Waals surface area contributed by atoms with Gasteiger partial charge in [-0.2, -0.15) is 5.26 Å². The number of nitrogens with one attached hydrogen (secondary N) is 1. The molecular weight excluding hydrogens is 491 g/mol. The fraction of sp³-hybridized carbons (Fsp3) is 0.148. The van der Waals surface area contributed by atoms with Crippen molar-refractivity contribution in [2.24, 2.45) is 7.05 Å². The highest BCUT2D eigenvalue weighted by Gasteiger charge is 2.29. The monoisotopic (exact) mass is 510 g/mol. The predicted molar refractivity (Wildman–Crippen MR) is 137 cm³/mol. The van der Waals surface area contributed by atoms with Gasteiger partial charge in [0.05, 0.1) is 16.0 Å². The van der Waals surface area contributed by atoms with Crippen molar-refractivity contribution in [1.29, 1.82) is 5.26 Å². The summed E-state index contributed by atoms with van der Waals surface area (Å²) in [6.07, 6.45) is 7.42. The molecule has 1 fully saturated rings. The number of carbonyl (C=O) groups excluding carboxylic acids is 1. The number of aryl methyl sites for hydroxylation is 1. The molecule has 10 heteroatoms. The van der Waals surface area contributed by atoms with Crippen LogP contribution < -0.4 is 10.1 Å². The quantitative estimate of drug-likeness (QED) is 0.299. The fourth-order valence-electron chi connectivity index (χ4n) is 4.20. The van der Waals surface area contributed by atoms with Crippen molar-refractivity contribution in [3.8, 4) is 28.1 Å². The fourth-order valence-corrected chi connectivity index (χ4v) is 4.98. The Bertz CT molecular complexity index is 1720. The number of rotatable bonds is 6. The molecule has 1 N–H and O–H groups in total. The first-order valence-corrected chi connectivity index (χ1v) is 12.4. The minimum Gasteiger partial charge on any atom is -0.453 e. The van der Waals surface area contributed by atoms with Gasteiger partial charge in [-0.1, -0.05) is 0 Å². The number of nitrogens with zero attached hydrogens (tertiary/aromatic N) is 5. The maximum atomic E-state index is 15.0. The zero-order valence-corrected chi connectivity index (χ0v) is 20.4. The number of pyridine rings is 1. The Morgan fingerprint density at radius 3 is 2.76 bits per heavy atom. The Balaban J connectivity index is 1.22. The van der Waals surface area contributed by atoms with E-state index in [1.807, 2.05) is 11.6 Å². The second kappa shape index (κ2) is 9.11. The lowest BCUT2D eigenvalue weighted by atomic mass is 10.1. The van der Waals surface area contributed by atoms with Gasteiger partial charge in [0.1, 0.15) is 22.3 Å². The highest BCUT2D eigenvalue weighted by molar-refractivity contribution is 7.15. The molecule has 0 radical (unpaired) electrons. The molecule has 1 aliphatic rings. The van der Waals surface area contributed by atoms with Gasteiger partial charge in [0.2, 0.25) is 5.82 Å². The third kappa shape index (κ3) is 4.41. The summed E-state index contributed by atoms with van der Waals surface area (Å²) in [5.41, 5.74) is 2.72. The molecule has 0 unspecified atom stereocenters. The van der Waals surface area contributed by atoms with Gasteiger partial charge in [-0.3, -0.25) is 4.79 Å². The molecule has 0 spiro atoms. The second-order valence-electron chi connectivity index (χ2n) is 8.72. The van der Waals surface area contributed by atoms with Gasteiger partial charge in [0, 0.05) is 37.4 Å². The van der Waals surface area contributed by atoms with Crippen LogP contribution in [0, 0.1) is 17.1 Å². The van der Waals surface area contributed by atoms with Crippen molar-refractivity contribution in [2.45, 2.75) is 18.8 Å². The number of halogens is 1.